The van der Waals surface area contributed by atoms with E-state index in [-0.39, 0.29) is 11.7 Å². The van der Waals surface area contributed by atoms with Crippen molar-refractivity contribution in [3.05, 3.63) is 60.3 Å². The van der Waals surface area contributed by atoms with Gasteiger partial charge in [-0.25, -0.2) is 14.4 Å². The molecular formula is C17H17FN6O. The second-order valence-corrected chi connectivity index (χ2v) is 5.36. The Morgan fingerprint density at radius 1 is 1.20 bits per heavy atom. The van der Waals surface area contributed by atoms with E-state index in [4.69, 9.17) is 0 Å². The highest BCUT2D eigenvalue weighted by Gasteiger charge is 2.06. The fourth-order valence-corrected chi connectivity index (χ4v) is 2.21. The molecule has 0 unspecified atom stereocenters. The lowest BCUT2D eigenvalue weighted by Crippen LogP contribution is -2.29. The lowest BCUT2D eigenvalue weighted by atomic mass is 10.2. The maximum Gasteiger partial charge on any atom is 0.251 e. The summed E-state index contributed by atoms with van der Waals surface area (Å²) in [5, 5.41) is 9.92. The summed E-state index contributed by atoms with van der Waals surface area (Å²) in [6.45, 7) is 0.847. The van der Waals surface area contributed by atoms with Crippen LogP contribution in [-0.4, -0.2) is 38.7 Å². The van der Waals surface area contributed by atoms with Gasteiger partial charge in [-0.3, -0.25) is 9.48 Å². The van der Waals surface area contributed by atoms with E-state index in [1.165, 1.54) is 24.3 Å². The largest absolute Gasteiger partial charge is 0.352 e. The topological polar surface area (TPSA) is 84.7 Å². The van der Waals surface area contributed by atoms with Gasteiger partial charge in [0.25, 0.3) is 5.91 Å². The molecule has 0 fully saturated rings. The van der Waals surface area contributed by atoms with E-state index in [2.05, 4.69) is 25.7 Å². The number of benzene rings is 1. The first-order chi connectivity index (χ1) is 12.1. The SMILES string of the molecule is Cn1cc(-c2ccnc(NCCNC(=O)c3ccc(F)cc3)n2)cn1. The van der Waals surface area contributed by atoms with Crippen molar-refractivity contribution in [3.8, 4) is 11.3 Å². The maximum atomic E-state index is 12.8. The van der Waals surface area contributed by atoms with Crippen molar-refractivity contribution in [1.29, 1.82) is 0 Å². The molecule has 0 atom stereocenters. The molecule has 2 aromatic heterocycles. The molecule has 0 radical (unpaired) electrons. The molecule has 0 aliphatic carbocycles. The zero-order valence-electron chi connectivity index (χ0n) is 13.6. The third-order valence-electron chi connectivity index (χ3n) is 3.46. The molecule has 3 aromatic rings. The van der Waals surface area contributed by atoms with E-state index in [1.54, 1.807) is 23.1 Å². The second kappa shape index (κ2) is 7.52. The van der Waals surface area contributed by atoms with Crippen LogP contribution in [-0.2, 0) is 7.05 Å². The van der Waals surface area contributed by atoms with Gasteiger partial charge in [0, 0.05) is 43.7 Å². The molecule has 2 N–H and O–H groups in total. The summed E-state index contributed by atoms with van der Waals surface area (Å²) in [5.74, 6) is -0.159. The predicted molar refractivity (Wildman–Crippen MR) is 91.5 cm³/mol. The molecule has 0 saturated carbocycles. The summed E-state index contributed by atoms with van der Waals surface area (Å²) < 4.78 is 14.5. The van der Waals surface area contributed by atoms with Crippen LogP contribution in [0.4, 0.5) is 10.3 Å². The number of aromatic nitrogens is 4. The average molecular weight is 340 g/mol. The summed E-state index contributed by atoms with van der Waals surface area (Å²) in [7, 11) is 1.84. The van der Waals surface area contributed by atoms with Crippen LogP contribution in [0.5, 0.6) is 0 Å². The molecular weight excluding hydrogens is 323 g/mol. The third kappa shape index (κ3) is 4.37. The standard InChI is InChI=1S/C17H17FN6O/c1-24-11-13(10-22-24)15-6-7-20-17(23-15)21-9-8-19-16(25)12-2-4-14(18)5-3-12/h2-7,10-11H,8-9H2,1H3,(H,19,25)(H,20,21,23). The Hall–Kier alpha value is -3.29. The van der Waals surface area contributed by atoms with Gasteiger partial charge in [-0.05, 0) is 30.3 Å². The van der Waals surface area contributed by atoms with Crippen molar-refractivity contribution in [1.82, 2.24) is 25.1 Å². The highest BCUT2D eigenvalue weighted by Crippen LogP contribution is 2.15. The lowest BCUT2D eigenvalue weighted by molar-refractivity contribution is 0.0955. The first kappa shape index (κ1) is 16.6. The fraction of sp³-hybridized carbons (Fsp3) is 0.176. The number of rotatable bonds is 6. The van der Waals surface area contributed by atoms with E-state index in [0.29, 0.717) is 24.6 Å². The zero-order valence-corrected chi connectivity index (χ0v) is 13.6. The molecule has 0 aliphatic heterocycles. The molecule has 0 aliphatic rings. The normalized spacial score (nSPS) is 10.5. The summed E-state index contributed by atoms with van der Waals surface area (Å²) in [4.78, 5) is 20.5. The molecule has 8 heteroatoms. The Morgan fingerprint density at radius 3 is 2.72 bits per heavy atom. The van der Waals surface area contributed by atoms with Gasteiger partial charge in [0.2, 0.25) is 5.95 Å². The van der Waals surface area contributed by atoms with Crippen LogP contribution in [0.2, 0.25) is 0 Å². The number of hydrogen-bond donors (Lipinski definition) is 2. The van der Waals surface area contributed by atoms with Crippen LogP contribution in [0, 0.1) is 5.82 Å². The van der Waals surface area contributed by atoms with Gasteiger partial charge in [0.05, 0.1) is 11.9 Å². The zero-order chi connectivity index (χ0) is 17.6. The Morgan fingerprint density at radius 2 is 2.00 bits per heavy atom. The van der Waals surface area contributed by atoms with Crippen molar-refractivity contribution < 1.29 is 9.18 Å². The summed E-state index contributed by atoms with van der Waals surface area (Å²) in [6.07, 6.45) is 5.26. The number of anilines is 1. The van der Waals surface area contributed by atoms with Gasteiger partial charge in [0.1, 0.15) is 5.82 Å². The first-order valence-corrected chi connectivity index (χ1v) is 7.71. The number of hydrogen-bond acceptors (Lipinski definition) is 5. The fourth-order valence-electron chi connectivity index (χ4n) is 2.21. The van der Waals surface area contributed by atoms with Gasteiger partial charge in [-0.2, -0.15) is 5.10 Å². The number of carbonyl (C=O) groups excluding carboxylic acids is 1. The number of aryl methyl sites for hydroxylation is 1. The summed E-state index contributed by atoms with van der Waals surface area (Å²) >= 11 is 0. The van der Waals surface area contributed by atoms with E-state index in [9.17, 15) is 9.18 Å². The predicted octanol–water partition coefficient (Wildman–Crippen LogP) is 1.86. The van der Waals surface area contributed by atoms with Crippen LogP contribution in [0.1, 0.15) is 10.4 Å². The van der Waals surface area contributed by atoms with E-state index < -0.39 is 0 Å². The lowest BCUT2D eigenvalue weighted by Gasteiger charge is -2.07. The number of nitrogens with zero attached hydrogens (tertiary/aromatic N) is 4. The van der Waals surface area contributed by atoms with Crippen molar-refractivity contribution in [2.75, 3.05) is 18.4 Å². The minimum Gasteiger partial charge on any atom is -0.352 e. The van der Waals surface area contributed by atoms with Gasteiger partial charge in [-0.1, -0.05) is 0 Å². The van der Waals surface area contributed by atoms with Crippen molar-refractivity contribution in [3.63, 3.8) is 0 Å². The molecule has 1 amide bonds. The molecule has 128 valence electrons. The number of nitrogens with one attached hydrogen (secondary N) is 2. The highest BCUT2D eigenvalue weighted by atomic mass is 19.1. The van der Waals surface area contributed by atoms with E-state index in [1.807, 2.05) is 13.2 Å². The smallest absolute Gasteiger partial charge is 0.251 e. The summed E-state index contributed by atoms with van der Waals surface area (Å²) in [5.41, 5.74) is 2.08. The van der Waals surface area contributed by atoms with Crippen molar-refractivity contribution in [2.45, 2.75) is 0 Å². The van der Waals surface area contributed by atoms with Crippen LogP contribution >= 0.6 is 0 Å². The number of amides is 1. The third-order valence-corrected chi connectivity index (χ3v) is 3.46. The Kier molecular flexibility index (Phi) is 4.98. The average Bonchev–Trinajstić information content (AvgIpc) is 3.06. The molecule has 3 rings (SSSR count). The number of halogens is 1. The van der Waals surface area contributed by atoms with Gasteiger partial charge in [-0.15, -0.1) is 0 Å². The van der Waals surface area contributed by atoms with Crippen molar-refractivity contribution in [2.24, 2.45) is 7.05 Å². The molecule has 2 heterocycles. The Balaban J connectivity index is 1.50. The van der Waals surface area contributed by atoms with Gasteiger partial charge < -0.3 is 10.6 Å². The molecule has 25 heavy (non-hydrogen) atoms. The maximum absolute atomic E-state index is 12.8. The Bertz CT molecular complexity index is 862. The van der Waals surface area contributed by atoms with Crippen LogP contribution in [0.25, 0.3) is 11.3 Å². The van der Waals surface area contributed by atoms with Crippen LogP contribution in [0.3, 0.4) is 0 Å². The minimum atomic E-state index is -0.371. The molecule has 0 bridgehead atoms. The quantitative estimate of drug-likeness (QED) is 0.669. The second-order valence-electron chi connectivity index (χ2n) is 5.36. The van der Waals surface area contributed by atoms with E-state index >= 15 is 0 Å². The highest BCUT2D eigenvalue weighted by molar-refractivity contribution is 5.94. The molecule has 0 spiro atoms. The van der Waals surface area contributed by atoms with Crippen LogP contribution in [0.15, 0.2) is 48.9 Å². The van der Waals surface area contributed by atoms with Gasteiger partial charge >= 0.3 is 0 Å². The molecule has 7 nitrogen and oxygen atoms in total. The van der Waals surface area contributed by atoms with E-state index in [0.717, 1.165) is 11.3 Å². The minimum absolute atomic E-state index is 0.258. The molecule has 0 saturated heterocycles. The Labute approximate surface area is 143 Å². The van der Waals surface area contributed by atoms with Crippen LogP contribution < -0.4 is 10.6 Å². The summed E-state index contributed by atoms with van der Waals surface area (Å²) in [6, 6.07) is 7.20. The molecule has 1 aromatic carbocycles. The van der Waals surface area contributed by atoms with Gasteiger partial charge in [0.15, 0.2) is 0 Å². The monoisotopic (exact) mass is 340 g/mol. The first-order valence-electron chi connectivity index (χ1n) is 7.71. The van der Waals surface area contributed by atoms with Crippen molar-refractivity contribution >= 4 is 11.9 Å². The number of carbonyl (C=O) groups is 1.